The van der Waals surface area contributed by atoms with E-state index in [1.54, 1.807) is 0 Å². The van der Waals surface area contributed by atoms with Gasteiger partial charge in [0.1, 0.15) is 0 Å². The Balaban J connectivity index is 2.11. The molecule has 0 heterocycles. The van der Waals surface area contributed by atoms with Crippen LogP contribution in [0, 0.1) is 0 Å². The maximum absolute atomic E-state index is 11.5. The Morgan fingerprint density at radius 1 is 1.00 bits per heavy atom. The summed E-state index contributed by atoms with van der Waals surface area (Å²) in [4.78, 5) is 22.8. The molecule has 0 aliphatic heterocycles. The van der Waals surface area contributed by atoms with Gasteiger partial charge in [0.2, 0.25) is 0 Å². The summed E-state index contributed by atoms with van der Waals surface area (Å²) in [7, 11) is 0. The summed E-state index contributed by atoms with van der Waals surface area (Å²) in [6.07, 6.45) is 2.59. The van der Waals surface area contributed by atoms with Crippen LogP contribution < -0.4 is 5.73 Å². The Labute approximate surface area is 125 Å². The minimum atomic E-state index is -0.377. The maximum atomic E-state index is 11.5. The SMILES string of the molecule is CCCCOC(=O)CCC(=O)OCCc1ccc(N)cc1. The van der Waals surface area contributed by atoms with E-state index < -0.39 is 0 Å². The quantitative estimate of drug-likeness (QED) is 0.430. The molecule has 116 valence electrons. The molecule has 0 spiro atoms. The molecule has 0 aliphatic carbocycles. The number of ether oxygens (including phenoxy) is 2. The molecule has 1 rings (SSSR count). The van der Waals surface area contributed by atoms with Crippen LogP contribution in [0.4, 0.5) is 5.69 Å². The third-order valence-electron chi connectivity index (χ3n) is 2.93. The van der Waals surface area contributed by atoms with Crippen molar-refractivity contribution < 1.29 is 19.1 Å². The van der Waals surface area contributed by atoms with Crippen molar-refractivity contribution in [1.29, 1.82) is 0 Å². The minimum absolute atomic E-state index is 0.0622. The van der Waals surface area contributed by atoms with E-state index in [-0.39, 0.29) is 24.8 Å². The Bertz CT molecular complexity index is 442. The number of benzene rings is 1. The number of hydrogen-bond donors (Lipinski definition) is 1. The van der Waals surface area contributed by atoms with Gasteiger partial charge in [0.25, 0.3) is 0 Å². The number of unbranched alkanes of at least 4 members (excludes halogenated alkanes) is 1. The van der Waals surface area contributed by atoms with Crippen LogP contribution in [0.15, 0.2) is 24.3 Å². The average Bonchev–Trinajstić information content (AvgIpc) is 2.47. The third-order valence-corrected chi connectivity index (χ3v) is 2.93. The van der Waals surface area contributed by atoms with E-state index in [1.165, 1.54) is 0 Å². The van der Waals surface area contributed by atoms with E-state index in [1.807, 2.05) is 31.2 Å². The number of carbonyl (C=O) groups is 2. The first-order valence-electron chi connectivity index (χ1n) is 7.27. The lowest BCUT2D eigenvalue weighted by molar-refractivity contribution is -0.150. The highest BCUT2D eigenvalue weighted by molar-refractivity contribution is 5.77. The monoisotopic (exact) mass is 293 g/mol. The lowest BCUT2D eigenvalue weighted by Crippen LogP contribution is -2.12. The molecule has 0 saturated carbocycles. The second-order valence-corrected chi connectivity index (χ2v) is 4.79. The number of esters is 2. The van der Waals surface area contributed by atoms with Crippen molar-refractivity contribution in [2.45, 2.75) is 39.0 Å². The fourth-order valence-electron chi connectivity index (χ4n) is 1.65. The van der Waals surface area contributed by atoms with Crippen molar-refractivity contribution in [3.8, 4) is 0 Å². The van der Waals surface area contributed by atoms with Crippen molar-refractivity contribution in [3.63, 3.8) is 0 Å². The van der Waals surface area contributed by atoms with Gasteiger partial charge in [0.15, 0.2) is 0 Å². The summed E-state index contributed by atoms with van der Waals surface area (Å²) >= 11 is 0. The van der Waals surface area contributed by atoms with Crippen molar-refractivity contribution in [3.05, 3.63) is 29.8 Å². The molecule has 0 radical (unpaired) electrons. The Hall–Kier alpha value is -2.04. The first-order chi connectivity index (χ1) is 10.1. The molecular weight excluding hydrogens is 270 g/mol. The lowest BCUT2D eigenvalue weighted by atomic mass is 10.1. The van der Waals surface area contributed by atoms with E-state index >= 15 is 0 Å². The van der Waals surface area contributed by atoms with Crippen LogP contribution in [0.1, 0.15) is 38.2 Å². The molecule has 2 N–H and O–H groups in total. The molecule has 0 fully saturated rings. The van der Waals surface area contributed by atoms with Gasteiger partial charge in [0, 0.05) is 12.1 Å². The van der Waals surface area contributed by atoms with Crippen LogP contribution in [-0.2, 0) is 25.5 Å². The second-order valence-electron chi connectivity index (χ2n) is 4.79. The number of nitrogens with two attached hydrogens (primary N) is 1. The molecule has 0 saturated heterocycles. The standard InChI is InChI=1S/C16H23NO4/c1-2-3-11-20-15(18)8-9-16(19)21-12-10-13-4-6-14(17)7-5-13/h4-7H,2-3,8-12,17H2,1H3. The van der Waals surface area contributed by atoms with Crippen LogP contribution in [0.25, 0.3) is 0 Å². The van der Waals surface area contributed by atoms with Crippen LogP contribution in [0.3, 0.4) is 0 Å². The van der Waals surface area contributed by atoms with Crippen LogP contribution in [0.5, 0.6) is 0 Å². The summed E-state index contributed by atoms with van der Waals surface area (Å²) in [6.45, 7) is 2.74. The molecule has 0 unspecified atom stereocenters. The maximum Gasteiger partial charge on any atom is 0.306 e. The van der Waals surface area contributed by atoms with Gasteiger partial charge in [-0.1, -0.05) is 25.5 Å². The summed E-state index contributed by atoms with van der Waals surface area (Å²) in [5.41, 5.74) is 7.34. The molecule has 21 heavy (non-hydrogen) atoms. The highest BCUT2D eigenvalue weighted by Crippen LogP contribution is 2.06. The first kappa shape index (κ1) is 17.0. The van der Waals surface area contributed by atoms with Gasteiger partial charge in [-0.25, -0.2) is 0 Å². The van der Waals surface area contributed by atoms with Gasteiger partial charge in [-0.2, -0.15) is 0 Å². The molecule has 0 amide bonds. The zero-order valence-electron chi connectivity index (χ0n) is 12.5. The molecule has 0 atom stereocenters. The Kier molecular flexibility index (Phi) is 7.94. The number of anilines is 1. The highest BCUT2D eigenvalue weighted by Gasteiger charge is 2.09. The topological polar surface area (TPSA) is 78.6 Å². The van der Waals surface area contributed by atoms with Crippen LogP contribution in [-0.4, -0.2) is 25.2 Å². The summed E-state index contributed by atoms with van der Waals surface area (Å²) in [5.74, 6) is -0.725. The van der Waals surface area contributed by atoms with Gasteiger partial charge in [-0.05, 0) is 24.1 Å². The second kappa shape index (κ2) is 9.80. The zero-order valence-corrected chi connectivity index (χ0v) is 12.5. The lowest BCUT2D eigenvalue weighted by Gasteiger charge is -2.06. The highest BCUT2D eigenvalue weighted by atomic mass is 16.5. The Morgan fingerprint density at radius 2 is 1.57 bits per heavy atom. The van der Waals surface area contributed by atoms with Gasteiger partial charge >= 0.3 is 11.9 Å². The summed E-state index contributed by atoms with van der Waals surface area (Å²) in [6, 6.07) is 7.41. The van der Waals surface area contributed by atoms with Gasteiger partial charge in [-0.15, -0.1) is 0 Å². The average molecular weight is 293 g/mol. The predicted octanol–water partition coefficient (Wildman–Crippen LogP) is 2.48. The third kappa shape index (κ3) is 7.97. The molecule has 0 aromatic heterocycles. The van der Waals surface area contributed by atoms with Gasteiger partial charge in [0.05, 0.1) is 26.1 Å². The van der Waals surface area contributed by atoms with E-state index in [0.29, 0.717) is 25.3 Å². The van der Waals surface area contributed by atoms with Crippen LogP contribution in [0.2, 0.25) is 0 Å². The minimum Gasteiger partial charge on any atom is -0.466 e. The first-order valence-corrected chi connectivity index (χ1v) is 7.27. The molecular formula is C16H23NO4. The van der Waals surface area contributed by atoms with E-state index in [0.717, 1.165) is 18.4 Å². The van der Waals surface area contributed by atoms with E-state index in [2.05, 4.69) is 0 Å². The van der Waals surface area contributed by atoms with Crippen LogP contribution >= 0.6 is 0 Å². The molecule has 0 aliphatic rings. The summed E-state index contributed by atoms with van der Waals surface area (Å²) in [5, 5.41) is 0. The van der Waals surface area contributed by atoms with Gasteiger partial charge < -0.3 is 15.2 Å². The predicted molar refractivity (Wildman–Crippen MR) is 80.6 cm³/mol. The number of hydrogen-bond acceptors (Lipinski definition) is 5. The molecule has 5 heteroatoms. The molecule has 1 aromatic rings. The molecule has 5 nitrogen and oxygen atoms in total. The smallest absolute Gasteiger partial charge is 0.306 e. The number of rotatable bonds is 9. The van der Waals surface area contributed by atoms with Crippen molar-refractivity contribution in [1.82, 2.24) is 0 Å². The number of carbonyl (C=O) groups excluding carboxylic acids is 2. The number of nitrogen functional groups attached to an aromatic ring is 1. The fourth-order valence-corrected chi connectivity index (χ4v) is 1.65. The fraction of sp³-hybridized carbons (Fsp3) is 0.500. The zero-order chi connectivity index (χ0) is 15.5. The van der Waals surface area contributed by atoms with Gasteiger partial charge in [-0.3, -0.25) is 9.59 Å². The molecule has 0 bridgehead atoms. The van der Waals surface area contributed by atoms with E-state index in [9.17, 15) is 9.59 Å². The molecule has 1 aromatic carbocycles. The van der Waals surface area contributed by atoms with Crippen molar-refractivity contribution in [2.75, 3.05) is 18.9 Å². The largest absolute Gasteiger partial charge is 0.466 e. The Morgan fingerprint density at radius 3 is 2.14 bits per heavy atom. The van der Waals surface area contributed by atoms with Crippen molar-refractivity contribution in [2.24, 2.45) is 0 Å². The van der Waals surface area contributed by atoms with Crippen molar-refractivity contribution >= 4 is 17.6 Å². The summed E-state index contributed by atoms with van der Waals surface area (Å²) < 4.78 is 10.0. The van der Waals surface area contributed by atoms with E-state index in [4.69, 9.17) is 15.2 Å². The normalized spacial score (nSPS) is 10.1.